The van der Waals surface area contributed by atoms with Crippen LogP contribution in [0.15, 0.2) is 11.6 Å². The van der Waals surface area contributed by atoms with Gasteiger partial charge in [0.2, 0.25) is 0 Å². The topological polar surface area (TPSA) is 44.8 Å². The van der Waals surface area contributed by atoms with E-state index < -0.39 is 8.32 Å². The van der Waals surface area contributed by atoms with Crippen LogP contribution in [0.1, 0.15) is 54.4 Å². The number of rotatable bonds is 4. The number of esters is 1. The van der Waals surface area contributed by atoms with Crippen LogP contribution in [0.25, 0.3) is 0 Å². The molecule has 5 heteroatoms. The number of hydrogen-bond acceptors (Lipinski definition) is 4. The molecule has 0 aromatic heterocycles. The second kappa shape index (κ2) is 6.58. The van der Waals surface area contributed by atoms with E-state index >= 15 is 0 Å². The highest BCUT2D eigenvalue weighted by molar-refractivity contribution is 6.74. The molecule has 1 saturated carbocycles. The van der Waals surface area contributed by atoms with Crippen molar-refractivity contribution < 1.29 is 18.7 Å². The van der Waals surface area contributed by atoms with E-state index in [9.17, 15) is 4.79 Å². The van der Waals surface area contributed by atoms with E-state index in [2.05, 4.69) is 33.9 Å². The minimum Gasteiger partial charge on any atom is -0.458 e. The fraction of sp³-hybridized carbons (Fsp3) is 0.842. The first-order valence-corrected chi connectivity index (χ1v) is 11.9. The maximum Gasteiger partial charge on any atom is 0.334 e. The first-order valence-electron chi connectivity index (χ1n) is 9.03. The van der Waals surface area contributed by atoms with E-state index in [1.54, 1.807) is 0 Å². The van der Waals surface area contributed by atoms with Gasteiger partial charge >= 0.3 is 5.97 Å². The van der Waals surface area contributed by atoms with Gasteiger partial charge in [0.05, 0.1) is 12.2 Å². The van der Waals surface area contributed by atoms with Crippen molar-refractivity contribution in [3.8, 4) is 0 Å². The van der Waals surface area contributed by atoms with E-state index in [0.29, 0.717) is 6.61 Å². The molecule has 24 heavy (non-hydrogen) atoms. The van der Waals surface area contributed by atoms with Crippen LogP contribution in [0, 0.1) is 5.92 Å². The van der Waals surface area contributed by atoms with Crippen LogP contribution in [0.2, 0.25) is 18.1 Å². The Labute approximate surface area is 148 Å². The normalized spacial score (nSPS) is 29.9. The average molecular weight is 355 g/mol. The summed E-state index contributed by atoms with van der Waals surface area (Å²) in [6.07, 6.45) is 3.78. The van der Waals surface area contributed by atoms with Gasteiger partial charge in [-0.2, -0.15) is 0 Å². The Hall–Kier alpha value is -0.653. The molecule has 0 aromatic carbocycles. The molecule has 1 aliphatic heterocycles. The molecule has 0 spiro atoms. The van der Waals surface area contributed by atoms with Gasteiger partial charge in [-0.15, -0.1) is 0 Å². The highest BCUT2D eigenvalue weighted by Crippen LogP contribution is 2.45. The zero-order valence-corrected chi connectivity index (χ0v) is 17.6. The van der Waals surface area contributed by atoms with Gasteiger partial charge in [-0.05, 0) is 51.4 Å². The molecule has 0 N–H and O–H groups in total. The molecule has 138 valence electrons. The fourth-order valence-electron chi connectivity index (χ4n) is 3.07. The molecular formula is C19H34O4Si. The van der Waals surface area contributed by atoms with Crippen molar-refractivity contribution in [2.75, 3.05) is 6.61 Å². The van der Waals surface area contributed by atoms with Gasteiger partial charge in [-0.25, -0.2) is 4.79 Å². The van der Waals surface area contributed by atoms with Crippen molar-refractivity contribution in [2.24, 2.45) is 5.92 Å². The Balaban J connectivity index is 2.00. The molecule has 2 fully saturated rings. The largest absolute Gasteiger partial charge is 0.458 e. The van der Waals surface area contributed by atoms with Crippen molar-refractivity contribution in [3.05, 3.63) is 11.6 Å². The molecule has 1 aliphatic carbocycles. The van der Waals surface area contributed by atoms with Crippen molar-refractivity contribution >= 4 is 14.3 Å². The maximum absolute atomic E-state index is 12.1. The Morgan fingerprint density at radius 2 is 1.79 bits per heavy atom. The van der Waals surface area contributed by atoms with Crippen LogP contribution >= 0.6 is 0 Å². The molecular weight excluding hydrogens is 320 g/mol. The summed E-state index contributed by atoms with van der Waals surface area (Å²) >= 11 is 0. The van der Waals surface area contributed by atoms with Crippen molar-refractivity contribution in [1.29, 1.82) is 0 Å². The average Bonchev–Trinajstić information content (AvgIpc) is 2.84. The minimum atomic E-state index is -1.79. The zero-order chi connectivity index (χ0) is 18.3. The number of carbonyl (C=O) groups excluding carboxylic acids is 1. The van der Waals surface area contributed by atoms with Crippen LogP contribution in [-0.4, -0.2) is 38.7 Å². The third-order valence-electron chi connectivity index (χ3n) is 5.44. The molecule has 1 heterocycles. The molecule has 0 bridgehead atoms. The molecule has 1 saturated heterocycles. The standard InChI is InChI=1S/C19H34O4Si/c1-18(2,3)21-10-9-14-15-11-13(12-16(15)22-17(14)20)23-24(7,8)19(4,5)6/h9,13,15-16H,10-12H2,1-8H3. The van der Waals surface area contributed by atoms with E-state index in [0.717, 1.165) is 18.4 Å². The quantitative estimate of drug-likeness (QED) is 0.425. The van der Waals surface area contributed by atoms with Crippen LogP contribution in [-0.2, 0) is 18.7 Å². The summed E-state index contributed by atoms with van der Waals surface area (Å²) in [7, 11) is -1.79. The van der Waals surface area contributed by atoms with Gasteiger partial charge in [-0.1, -0.05) is 20.8 Å². The second-order valence-corrected chi connectivity index (χ2v) is 14.4. The van der Waals surface area contributed by atoms with Crippen LogP contribution in [0.5, 0.6) is 0 Å². The SMILES string of the molecule is CC(C)(C)OCC=C1C(=O)OC2CC(O[Si](C)(C)C(C)(C)C)CC12. The summed E-state index contributed by atoms with van der Waals surface area (Å²) in [6, 6.07) is 0. The Bertz CT molecular complexity index is 510. The highest BCUT2D eigenvalue weighted by atomic mass is 28.4. The first-order chi connectivity index (χ1) is 10.8. The van der Waals surface area contributed by atoms with E-state index in [1.165, 1.54) is 0 Å². The summed E-state index contributed by atoms with van der Waals surface area (Å²) in [6.45, 7) is 17.8. The van der Waals surface area contributed by atoms with Crippen molar-refractivity contribution in [1.82, 2.24) is 0 Å². The molecule has 4 nitrogen and oxygen atoms in total. The molecule has 2 rings (SSSR count). The second-order valence-electron chi connectivity index (χ2n) is 9.60. The molecule has 2 aliphatic rings. The monoisotopic (exact) mass is 354 g/mol. The predicted octanol–water partition coefficient (Wildman–Crippen LogP) is 4.45. The van der Waals surface area contributed by atoms with Crippen molar-refractivity contribution in [2.45, 2.75) is 90.3 Å². The Morgan fingerprint density at radius 3 is 2.33 bits per heavy atom. The lowest BCUT2D eigenvalue weighted by atomic mass is 9.98. The third kappa shape index (κ3) is 4.49. The summed E-state index contributed by atoms with van der Waals surface area (Å²) in [5, 5.41) is 0.195. The van der Waals surface area contributed by atoms with E-state index in [4.69, 9.17) is 13.9 Å². The lowest BCUT2D eigenvalue weighted by molar-refractivity contribution is -0.139. The Morgan fingerprint density at radius 1 is 1.17 bits per heavy atom. The molecule has 0 amide bonds. The lowest BCUT2D eigenvalue weighted by Gasteiger charge is -2.38. The van der Waals surface area contributed by atoms with Gasteiger partial charge in [0.25, 0.3) is 0 Å². The number of ether oxygens (including phenoxy) is 2. The van der Waals surface area contributed by atoms with Gasteiger partial charge < -0.3 is 13.9 Å². The zero-order valence-electron chi connectivity index (χ0n) is 16.6. The third-order valence-corrected chi connectivity index (χ3v) is 9.98. The lowest BCUT2D eigenvalue weighted by Crippen LogP contribution is -2.43. The van der Waals surface area contributed by atoms with Crippen LogP contribution in [0.3, 0.4) is 0 Å². The first kappa shape index (κ1) is 19.7. The number of hydrogen-bond donors (Lipinski definition) is 0. The smallest absolute Gasteiger partial charge is 0.334 e. The highest BCUT2D eigenvalue weighted by Gasteiger charge is 2.49. The van der Waals surface area contributed by atoms with Gasteiger partial charge in [0.1, 0.15) is 6.10 Å². The maximum atomic E-state index is 12.1. The number of fused-ring (bicyclic) bond motifs is 1. The van der Waals surface area contributed by atoms with Crippen LogP contribution in [0.4, 0.5) is 0 Å². The van der Waals surface area contributed by atoms with Crippen molar-refractivity contribution in [3.63, 3.8) is 0 Å². The predicted molar refractivity (Wildman–Crippen MR) is 98.5 cm³/mol. The summed E-state index contributed by atoms with van der Waals surface area (Å²) in [4.78, 5) is 12.1. The summed E-state index contributed by atoms with van der Waals surface area (Å²) in [5.74, 6) is -0.0101. The van der Waals surface area contributed by atoms with E-state index in [1.807, 2.05) is 26.8 Å². The Kier molecular flexibility index (Phi) is 5.39. The van der Waals surface area contributed by atoms with Crippen LogP contribution < -0.4 is 0 Å². The van der Waals surface area contributed by atoms with Gasteiger partial charge in [0, 0.05) is 24.0 Å². The summed E-state index contributed by atoms with van der Waals surface area (Å²) < 4.78 is 17.8. The molecule has 3 unspecified atom stereocenters. The minimum absolute atomic E-state index is 0.0202. The fourth-order valence-corrected chi connectivity index (χ4v) is 4.45. The molecule has 0 aromatic rings. The molecule has 0 radical (unpaired) electrons. The summed E-state index contributed by atoms with van der Waals surface area (Å²) in [5.41, 5.74) is 0.577. The number of carbonyl (C=O) groups is 1. The van der Waals surface area contributed by atoms with E-state index in [-0.39, 0.29) is 34.7 Å². The molecule has 3 atom stereocenters. The van der Waals surface area contributed by atoms with Gasteiger partial charge in [0.15, 0.2) is 8.32 Å². The van der Waals surface area contributed by atoms with Gasteiger partial charge in [-0.3, -0.25) is 0 Å².